The van der Waals surface area contributed by atoms with E-state index in [1.165, 1.54) is 135 Å². The van der Waals surface area contributed by atoms with Crippen molar-refractivity contribution >= 4 is 23.7 Å². The second-order valence-electron chi connectivity index (χ2n) is 33.5. The summed E-state index contributed by atoms with van der Waals surface area (Å²) in [5.41, 5.74) is 0. The molecule has 0 aromatic heterocycles. The molecule has 0 saturated carbocycles. The average Bonchev–Trinajstić information content (AvgIpc) is 0.762. The van der Waals surface area contributed by atoms with Crippen LogP contribution in [0.4, 0.5) is 0 Å². The average molecular weight is 1770 g/mol. The molecule has 0 radical (unpaired) electrons. The molecule has 6 fully saturated rings. The maximum absolute atomic E-state index is 13.6. The predicted molar refractivity (Wildman–Crippen MR) is 429 cm³/mol. The van der Waals surface area contributed by atoms with Crippen LogP contribution in [0, 0.1) is 0 Å². The van der Waals surface area contributed by atoms with E-state index in [0.29, 0.717) is 12.8 Å². The summed E-state index contributed by atoms with van der Waals surface area (Å²) in [6, 6.07) is -4.76. The molecule has 6 heterocycles. The van der Waals surface area contributed by atoms with Crippen molar-refractivity contribution in [2.75, 3.05) is 46.2 Å². The lowest BCUT2D eigenvalue weighted by Gasteiger charge is -2.51. The molecule has 122 heavy (non-hydrogen) atoms. The number of carbonyl (C=O) groups excluding carboxylic acids is 3. The Kier molecular flexibility index (Phi) is 49.8. The lowest BCUT2D eigenvalue weighted by molar-refractivity contribution is -0.393. The van der Waals surface area contributed by atoms with Crippen LogP contribution in [0.15, 0.2) is 12.2 Å². The maximum Gasteiger partial charge on any atom is 0.364 e. The van der Waals surface area contributed by atoms with Gasteiger partial charge in [-0.3, -0.25) is 14.4 Å². The number of aliphatic hydroxyl groups excluding tert-OH is 19. The van der Waals surface area contributed by atoms with Crippen LogP contribution in [0.3, 0.4) is 0 Å². The Morgan fingerprint density at radius 3 is 1.22 bits per heavy atom. The zero-order valence-electron chi connectivity index (χ0n) is 71.4. The van der Waals surface area contributed by atoms with E-state index in [1.54, 1.807) is 6.08 Å². The first-order valence-electron chi connectivity index (χ1n) is 44.6. The number of aliphatic hydroxyl groups is 19. The molecule has 39 nitrogen and oxygen atoms in total. The molecular formula is C83H149N3O36. The molecule has 39 heteroatoms. The van der Waals surface area contributed by atoms with Crippen molar-refractivity contribution in [1.82, 2.24) is 16.0 Å². The lowest BCUT2D eigenvalue weighted by Crippen LogP contribution is -2.71. The maximum atomic E-state index is 13.6. The Hall–Kier alpha value is -3.62. The smallest absolute Gasteiger partial charge is 0.364 e. The van der Waals surface area contributed by atoms with Gasteiger partial charge in [0, 0.05) is 26.7 Å². The molecule has 6 aliphatic rings. The molecule has 712 valence electrons. The van der Waals surface area contributed by atoms with E-state index in [0.717, 1.165) is 65.2 Å². The van der Waals surface area contributed by atoms with Crippen molar-refractivity contribution < 1.29 is 178 Å². The quantitative estimate of drug-likeness (QED) is 0.0239. The standard InChI is InChI=1S/C83H149N3O36/c1-5-7-9-11-13-15-17-19-20-21-22-23-24-26-28-30-32-34-36-38-58(98)86-49(50(95)37-35-33-31-29-27-25-18-16-14-12-10-8-6-2)46-111-78-67(105)66(104)71(57(45-92)116-78)117-79-69(107)75(64(102)55(43-90)113-79)120-80-68(106)74(63(101)54(42-89)114-80)119-77-60(85-48(4)94)72(62(100)53(41-88)112-77)118-81-70(108)76(65(103)56(44-91)115-81)122-83(82(109)110)39-51(96)59(84-47(3)93)73(121-83)61(99)52(97)40-87/h35,37,49-57,59-81,87-92,95-97,99-108H,5-34,36,38-46H2,1-4H3,(H,84,93)(H,85,94)(H,86,98)(H,109,110)/b37-35+/t49-,50+,51?,52+,53?,54?,55?,56?,57?,59+,60?,61+,62-,63-,64-,65-,66+,67?,68?,69?,70?,71+,72+,73?,74-,75-,76-,77-,78+,79-,80+,81-,83-/m0/s1. The number of hydrogen-bond acceptors (Lipinski definition) is 35. The molecule has 6 aliphatic heterocycles. The molecule has 33 atom stereocenters. The summed E-state index contributed by atoms with van der Waals surface area (Å²) in [4.78, 5) is 52.2. The number of amides is 3. The van der Waals surface area contributed by atoms with Crippen molar-refractivity contribution in [3.8, 4) is 0 Å². The van der Waals surface area contributed by atoms with Crippen molar-refractivity contribution in [3.05, 3.63) is 12.2 Å². The molecule has 0 aromatic carbocycles. The Bertz CT molecular complexity index is 2910. The molecular weight excluding hydrogens is 1610 g/mol. The van der Waals surface area contributed by atoms with E-state index >= 15 is 0 Å². The molecule has 0 spiro atoms. The molecule has 23 N–H and O–H groups in total. The van der Waals surface area contributed by atoms with Crippen LogP contribution in [0.1, 0.15) is 240 Å². The van der Waals surface area contributed by atoms with Gasteiger partial charge >= 0.3 is 5.97 Å². The fourth-order valence-electron chi connectivity index (χ4n) is 16.5. The summed E-state index contributed by atoms with van der Waals surface area (Å²) in [5.74, 6) is -7.52. The first-order valence-corrected chi connectivity index (χ1v) is 44.6. The van der Waals surface area contributed by atoms with Crippen molar-refractivity contribution in [1.29, 1.82) is 0 Å². The van der Waals surface area contributed by atoms with Gasteiger partial charge in [0.05, 0.1) is 70.5 Å². The van der Waals surface area contributed by atoms with Crippen molar-refractivity contribution in [2.24, 2.45) is 0 Å². The van der Waals surface area contributed by atoms with Gasteiger partial charge in [0.15, 0.2) is 31.5 Å². The molecule has 12 unspecified atom stereocenters. The van der Waals surface area contributed by atoms with Crippen LogP contribution < -0.4 is 16.0 Å². The first-order chi connectivity index (χ1) is 58.5. The molecule has 0 aliphatic carbocycles. The summed E-state index contributed by atoms with van der Waals surface area (Å²) < 4.78 is 70.7. The summed E-state index contributed by atoms with van der Waals surface area (Å²) in [7, 11) is 0. The van der Waals surface area contributed by atoms with Crippen LogP contribution in [0.25, 0.3) is 0 Å². The molecule has 6 saturated heterocycles. The zero-order valence-corrected chi connectivity index (χ0v) is 71.4. The highest BCUT2D eigenvalue weighted by Gasteiger charge is 2.62. The Morgan fingerprint density at radius 1 is 0.426 bits per heavy atom. The minimum atomic E-state index is -3.25. The van der Waals surface area contributed by atoms with Gasteiger partial charge in [0.25, 0.3) is 5.79 Å². The van der Waals surface area contributed by atoms with Crippen LogP contribution in [-0.4, -0.2) is 374 Å². The predicted octanol–water partition coefficient (Wildman–Crippen LogP) is -1.66. The highest BCUT2D eigenvalue weighted by Crippen LogP contribution is 2.41. The summed E-state index contributed by atoms with van der Waals surface area (Å²) in [6.45, 7) is -0.703. The molecule has 0 aromatic rings. The third-order valence-electron chi connectivity index (χ3n) is 23.7. The number of aliphatic carboxylic acids is 1. The third kappa shape index (κ3) is 32.5. The lowest BCUT2D eigenvalue weighted by atomic mass is 9.88. The fraction of sp³-hybridized carbons (Fsp3) is 0.928. The number of ether oxygens (including phenoxy) is 12. The molecule has 6 rings (SSSR count). The second-order valence-corrected chi connectivity index (χ2v) is 33.5. The van der Waals surface area contributed by atoms with E-state index < -0.39 is 272 Å². The fourth-order valence-corrected chi connectivity index (χ4v) is 16.5. The second kappa shape index (κ2) is 56.7. The van der Waals surface area contributed by atoms with Crippen LogP contribution in [0.5, 0.6) is 0 Å². The topological polar surface area (TPSA) is 620 Å². The van der Waals surface area contributed by atoms with Crippen molar-refractivity contribution in [2.45, 2.75) is 441 Å². The van der Waals surface area contributed by atoms with Gasteiger partial charge in [-0.15, -0.1) is 0 Å². The van der Waals surface area contributed by atoms with Gasteiger partial charge in [0.2, 0.25) is 17.7 Å². The number of hydrogen-bond donors (Lipinski definition) is 23. The van der Waals surface area contributed by atoms with Gasteiger partial charge < -0.3 is 175 Å². The van der Waals surface area contributed by atoms with Gasteiger partial charge in [-0.05, 0) is 19.3 Å². The summed E-state index contributed by atoms with van der Waals surface area (Å²) >= 11 is 0. The number of nitrogens with one attached hydrogen (secondary N) is 3. The number of carbonyl (C=O) groups is 4. The van der Waals surface area contributed by atoms with Gasteiger partial charge in [0.1, 0.15) is 140 Å². The largest absolute Gasteiger partial charge is 0.477 e. The van der Waals surface area contributed by atoms with Gasteiger partial charge in [-0.25, -0.2) is 4.79 Å². The van der Waals surface area contributed by atoms with Crippen molar-refractivity contribution in [3.63, 3.8) is 0 Å². The zero-order chi connectivity index (χ0) is 89.6. The minimum Gasteiger partial charge on any atom is -0.477 e. The van der Waals surface area contributed by atoms with E-state index in [1.807, 2.05) is 6.08 Å². The van der Waals surface area contributed by atoms with Crippen LogP contribution >= 0.6 is 0 Å². The highest BCUT2D eigenvalue weighted by molar-refractivity contribution is 5.77. The number of unbranched alkanes of at least 4 members (excludes halogenated alkanes) is 29. The molecule has 0 bridgehead atoms. The van der Waals surface area contributed by atoms with Gasteiger partial charge in [-0.1, -0.05) is 206 Å². The summed E-state index contributed by atoms with van der Waals surface area (Å²) in [6.07, 6.45) is -21.4. The summed E-state index contributed by atoms with van der Waals surface area (Å²) in [5, 5.41) is 232. The monoisotopic (exact) mass is 1760 g/mol. The SMILES string of the molecule is CCCCCCCCCCCCC/C=C/[C@@H](O)[C@H](CO[C@@H]1OC(CO)[C@@H](O[C@@H]2OC(CO)[C@H](O)[C@H](O[C@H]3OC(CO)[C@H](O)[C@H](O[C@@H]4OC(CO)[C@H](O)[C@H](O[C@@H]5OC(CO)[C@H](O)[C@H](O[C@]6(C(=O)O)CC(O)[C@@H](NC(C)=O)C([C@H](O)[C@H](O)CO)O6)C5O)C4NC(C)=O)C3O)C2O)[C@H](O)C1O)NC(=O)CCCCCCCCCCCCCCCCCCCCC. The normalized spacial score (nSPS) is 35.6. The number of rotatable bonds is 59. The highest BCUT2D eigenvalue weighted by atomic mass is 16.8. The molecule has 3 amide bonds. The Labute approximate surface area is 714 Å². The van der Waals surface area contributed by atoms with E-state index in [4.69, 9.17) is 56.8 Å². The Morgan fingerprint density at radius 2 is 0.795 bits per heavy atom. The van der Waals surface area contributed by atoms with E-state index in [9.17, 15) is 121 Å². The first kappa shape index (κ1) is 107. The van der Waals surface area contributed by atoms with Crippen LogP contribution in [0.2, 0.25) is 0 Å². The Balaban J connectivity index is 1.11. The number of carboxylic acids is 1. The van der Waals surface area contributed by atoms with Crippen LogP contribution in [-0.2, 0) is 76.0 Å². The number of allylic oxidation sites excluding steroid dienone is 1. The number of carboxylic acid groups (broad SMARTS) is 1. The van der Waals surface area contributed by atoms with E-state index in [-0.39, 0.29) is 12.3 Å². The van der Waals surface area contributed by atoms with E-state index in [2.05, 4.69) is 29.8 Å². The minimum absolute atomic E-state index is 0.158. The van der Waals surface area contributed by atoms with Gasteiger partial charge in [-0.2, -0.15) is 0 Å². The third-order valence-corrected chi connectivity index (χ3v) is 23.7.